The lowest BCUT2D eigenvalue weighted by atomic mass is 10.1. The first kappa shape index (κ1) is 14.7. The second-order valence-electron chi connectivity index (χ2n) is 6.30. The van der Waals surface area contributed by atoms with Crippen molar-refractivity contribution in [2.75, 3.05) is 0 Å². The summed E-state index contributed by atoms with van der Waals surface area (Å²) in [5.74, 6) is 1.10. The minimum absolute atomic E-state index is 0.550. The number of rotatable bonds is 2. The van der Waals surface area contributed by atoms with E-state index in [1.807, 2.05) is 26.0 Å². The van der Waals surface area contributed by atoms with Crippen molar-refractivity contribution in [3.8, 4) is 0 Å². The first-order valence-electron chi connectivity index (χ1n) is 7.93. The van der Waals surface area contributed by atoms with Crippen LogP contribution in [0.25, 0.3) is 34.4 Å². The Bertz CT molecular complexity index is 1010. The van der Waals surface area contributed by atoms with Gasteiger partial charge in [0.25, 0.3) is 0 Å². The normalized spacial score (nSPS) is 12.0. The summed E-state index contributed by atoms with van der Waals surface area (Å²) >= 11 is 0. The first-order valence-corrected chi connectivity index (χ1v) is 7.93. The Kier molecular flexibility index (Phi) is 3.27. The molecular formula is C20H18N2O2. The van der Waals surface area contributed by atoms with Gasteiger partial charge in [-0.05, 0) is 62.1 Å². The molecule has 0 bridgehead atoms. The van der Waals surface area contributed by atoms with E-state index in [0.29, 0.717) is 11.8 Å². The highest BCUT2D eigenvalue weighted by molar-refractivity contribution is 5.81. The summed E-state index contributed by atoms with van der Waals surface area (Å²) in [5.41, 5.74) is 7.92. The third-order valence-corrected chi connectivity index (χ3v) is 4.04. The molecule has 4 rings (SSSR count). The van der Waals surface area contributed by atoms with Crippen molar-refractivity contribution in [2.45, 2.75) is 27.7 Å². The predicted molar refractivity (Wildman–Crippen MR) is 95.9 cm³/mol. The van der Waals surface area contributed by atoms with Crippen molar-refractivity contribution < 1.29 is 8.83 Å². The van der Waals surface area contributed by atoms with Gasteiger partial charge in [-0.1, -0.05) is 12.1 Å². The van der Waals surface area contributed by atoms with Crippen LogP contribution >= 0.6 is 0 Å². The van der Waals surface area contributed by atoms with Crippen LogP contribution in [0.2, 0.25) is 0 Å². The average molecular weight is 318 g/mol. The Morgan fingerprint density at radius 2 is 1.08 bits per heavy atom. The lowest BCUT2D eigenvalue weighted by Gasteiger charge is -1.94. The second-order valence-corrected chi connectivity index (χ2v) is 6.30. The summed E-state index contributed by atoms with van der Waals surface area (Å²) in [4.78, 5) is 9.02. The fraction of sp³-hybridized carbons (Fsp3) is 0.200. The molecule has 0 saturated heterocycles. The van der Waals surface area contributed by atoms with Gasteiger partial charge in [0.15, 0.2) is 11.2 Å². The van der Waals surface area contributed by atoms with Crippen molar-refractivity contribution in [3.63, 3.8) is 0 Å². The molecule has 0 unspecified atom stereocenters. The van der Waals surface area contributed by atoms with Crippen LogP contribution in [0.15, 0.2) is 33.1 Å². The van der Waals surface area contributed by atoms with Gasteiger partial charge in [0.1, 0.15) is 11.0 Å². The molecule has 4 aromatic rings. The van der Waals surface area contributed by atoms with E-state index >= 15 is 0 Å². The quantitative estimate of drug-likeness (QED) is 0.498. The van der Waals surface area contributed by atoms with Gasteiger partial charge in [0, 0.05) is 12.2 Å². The molecule has 0 amide bonds. The molecule has 0 atom stereocenters. The van der Waals surface area contributed by atoms with E-state index in [0.717, 1.165) is 33.3 Å². The van der Waals surface area contributed by atoms with Crippen molar-refractivity contribution in [2.24, 2.45) is 0 Å². The van der Waals surface area contributed by atoms with Gasteiger partial charge in [0.2, 0.25) is 11.8 Å². The Morgan fingerprint density at radius 3 is 1.50 bits per heavy atom. The number of oxazole rings is 2. The van der Waals surface area contributed by atoms with Gasteiger partial charge in [-0.3, -0.25) is 0 Å². The van der Waals surface area contributed by atoms with Crippen molar-refractivity contribution >= 4 is 34.4 Å². The van der Waals surface area contributed by atoms with Crippen LogP contribution in [0.4, 0.5) is 0 Å². The van der Waals surface area contributed by atoms with Crippen LogP contribution in [0.3, 0.4) is 0 Å². The summed E-state index contributed by atoms with van der Waals surface area (Å²) in [6.07, 6.45) is 3.59. The standard InChI is InChI=1S/C20H18N2O2/c1-11-7-13(3)19-15(9-11)21-17(23-19)5-6-18-22-16-10-12(2)8-14(4)20(16)24-18/h5-10H,1-4H3/b6-5+. The van der Waals surface area contributed by atoms with E-state index in [2.05, 4.69) is 35.9 Å². The molecule has 0 aliphatic carbocycles. The summed E-state index contributed by atoms with van der Waals surface area (Å²) in [5, 5.41) is 0. The highest BCUT2D eigenvalue weighted by atomic mass is 16.4. The lowest BCUT2D eigenvalue weighted by Crippen LogP contribution is -1.78. The SMILES string of the molecule is Cc1cc(C)c2oc(/C=C/c3nc4cc(C)cc(C)c4o3)nc2c1. The Balaban J connectivity index is 1.72. The molecule has 4 heteroatoms. The third kappa shape index (κ3) is 2.50. The largest absolute Gasteiger partial charge is 0.436 e. The monoisotopic (exact) mass is 318 g/mol. The number of benzene rings is 2. The van der Waals surface area contributed by atoms with Gasteiger partial charge in [-0.2, -0.15) is 0 Å². The molecule has 0 aliphatic rings. The second kappa shape index (κ2) is 5.34. The molecule has 2 aromatic heterocycles. The fourth-order valence-electron chi connectivity index (χ4n) is 3.07. The minimum Gasteiger partial charge on any atom is -0.436 e. The van der Waals surface area contributed by atoms with E-state index < -0.39 is 0 Å². The maximum atomic E-state index is 5.83. The number of fused-ring (bicyclic) bond motifs is 2. The molecule has 4 nitrogen and oxygen atoms in total. The van der Waals surface area contributed by atoms with E-state index in [1.165, 1.54) is 11.1 Å². The summed E-state index contributed by atoms with van der Waals surface area (Å²) in [7, 11) is 0. The molecule has 2 aromatic carbocycles. The molecule has 0 radical (unpaired) electrons. The minimum atomic E-state index is 0.550. The Labute approximate surface area is 139 Å². The summed E-state index contributed by atoms with van der Waals surface area (Å²) in [6.45, 7) is 8.17. The summed E-state index contributed by atoms with van der Waals surface area (Å²) in [6, 6.07) is 8.23. The maximum absolute atomic E-state index is 5.83. The Morgan fingerprint density at radius 1 is 0.667 bits per heavy atom. The van der Waals surface area contributed by atoms with Gasteiger partial charge < -0.3 is 8.83 Å². The van der Waals surface area contributed by atoms with Gasteiger partial charge >= 0.3 is 0 Å². The molecular weight excluding hydrogens is 300 g/mol. The third-order valence-electron chi connectivity index (χ3n) is 4.04. The molecule has 24 heavy (non-hydrogen) atoms. The van der Waals surface area contributed by atoms with Crippen LogP contribution in [0, 0.1) is 27.7 Å². The van der Waals surface area contributed by atoms with Crippen molar-refractivity contribution in [1.29, 1.82) is 0 Å². The molecule has 0 fully saturated rings. The average Bonchev–Trinajstić information content (AvgIpc) is 3.08. The van der Waals surface area contributed by atoms with Crippen LogP contribution < -0.4 is 0 Å². The number of aryl methyl sites for hydroxylation is 4. The van der Waals surface area contributed by atoms with Crippen molar-refractivity contribution in [1.82, 2.24) is 9.97 Å². The number of hydrogen-bond acceptors (Lipinski definition) is 4. The zero-order chi connectivity index (χ0) is 16.8. The molecule has 0 N–H and O–H groups in total. The molecule has 0 saturated carbocycles. The molecule has 2 heterocycles. The highest BCUT2D eigenvalue weighted by Gasteiger charge is 2.09. The van der Waals surface area contributed by atoms with Crippen LogP contribution in [0.5, 0.6) is 0 Å². The zero-order valence-corrected chi connectivity index (χ0v) is 14.2. The number of hydrogen-bond donors (Lipinski definition) is 0. The van der Waals surface area contributed by atoms with Crippen LogP contribution in [-0.2, 0) is 0 Å². The fourth-order valence-corrected chi connectivity index (χ4v) is 3.07. The van der Waals surface area contributed by atoms with Crippen molar-refractivity contribution in [3.05, 3.63) is 58.3 Å². The van der Waals surface area contributed by atoms with Gasteiger partial charge in [0.05, 0.1) is 0 Å². The number of nitrogens with zero attached hydrogens (tertiary/aromatic N) is 2. The van der Waals surface area contributed by atoms with Crippen LogP contribution in [-0.4, -0.2) is 9.97 Å². The predicted octanol–water partition coefficient (Wildman–Crippen LogP) is 5.37. The van der Waals surface area contributed by atoms with Crippen LogP contribution in [0.1, 0.15) is 34.0 Å². The van der Waals surface area contributed by atoms with E-state index in [-0.39, 0.29) is 0 Å². The van der Waals surface area contributed by atoms with Gasteiger partial charge in [-0.25, -0.2) is 9.97 Å². The Hall–Kier alpha value is -2.88. The topological polar surface area (TPSA) is 52.1 Å². The number of aromatic nitrogens is 2. The molecule has 0 spiro atoms. The zero-order valence-electron chi connectivity index (χ0n) is 14.2. The maximum Gasteiger partial charge on any atom is 0.220 e. The smallest absolute Gasteiger partial charge is 0.220 e. The van der Waals surface area contributed by atoms with Gasteiger partial charge in [-0.15, -0.1) is 0 Å². The summed E-state index contributed by atoms with van der Waals surface area (Å²) < 4.78 is 11.7. The highest BCUT2D eigenvalue weighted by Crippen LogP contribution is 2.24. The molecule has 120 valence electrons. The first-order chi connectivity index (χ1) is 11.5. The molecule has 0 aliphatic heterocycles. The lowest BCUT2D eigenvalue weighted by molar-refractivity contribution is 0.581. The van der Waals surface area contributed by atoms with E-state index in [4.69, 9.17) is 8.83 Å². The van der Waals surface area contributed by atoms with E-state index in [1.54, 1.807) is 12.2 Å². The van der Waals surface area contributed by atoms with E-state index in [9.17, 15) is 0 Å².